The molecule has 0 saturated heterocycles. The van der Waals surface area contributed by atoms with Crippen molar-refractivity contribution in [2.45, 2.75) is 6.92 Å². The van der Waals surface area contributed by atoms with Gasteiger partial charge in [-0.2, -0.15) is 0 Å². The molecule has 0 spiro atoms. The zero-order valence-corrected chi connectivity index (χ0v) is 14.4. The number of aryl methyl sites for hydroxylation is 1. The highest BCUT2D eigenvalue weighted by atomic mass is 16.3. The lowest BCUT2D eigenvalue weighted by Gasteiger charge is -2.07. The van der Waals surface area contributed by atoms with E-state index in [-0.39, 0.29) is 0 Å². The second-order valence-electron chi connectivity index (χ2n) is 6.64. The van der Waals surface area contributed by atoms with Gasteiger partial charge in [0.15, 0.2) is 0 Å². The largest absolute Gasteiger partial charge is 0.456 e. The number of fused-ring (bicyclic) bond motifs is 3. The second kappa shape index (κ2) is 5.85. The van der Waals surface area contributed by atoms with Crippen LogP contribution in [-0.4, -0.2) is 4.98 Å². The molecule has 0 aliphatic rings. The summed E-state index contributed by atoms with van der Waals surface area (Å²) in [6.07, 6.45) is 3.63. The first-order chi connectivity index (χ1) is 12.8. The summed E-state index contributed by atoms with van der Waals surface area (Å²) in [5, 5.41) is 2.16. The minimum absolute atomic E-state index is 0.876. The maximum atomic E-state index is 5.91. The monoisotopic (exact) mass is 335 g/mol. The quantitative estimate of drug-likeness (QED) is 0.362. The van der Waals surface area contributed by atoms with E-state index in [0.29, 0.717) is 0 Å². The van der Waals surface area contributed by atoms with E-state index in [4.69, 9.17) is 4.42 Å². The van der Waals surface area contributed by atoms with Crippen molar-refractivity contribution >= 4 is 21.9 Å². The molecule has 5 aromatic rings. The van der Waals surface area contributed by atoms with Gasteiger partial charge in [0.25, 0.3) is 0 Å². The lowest BCUT2D eigenvalue weighted by atomic mass is 9.97. The summed E-state index contributed by atoms with van der Waals surface area (Å²) in [5.74, 6) is 0. The highest BCUT2D eigenvalue weighted by Gasteiger charge is 2.09. The SMILES string of the molecule is Cc1cccc(-c2cccc(-c3ccc4oc5ccncc5c4c3)c2)c1. The molecule has 26 heavy (non-hydrogen) atoms. The van der Waals surface area contributed by atoms with Gasteiger partial charge in [-0.25, -0.2) is 0 Å². The fourth-order valence-electron chi connectivity index (χ4n) is 3.50. The van der Waals surface area contributed by atoms with Crippen LogP contribution in [0.15, 0.2) is 89.6 Å². The highest BCUT2D eigenvalue weighted by molar-refractivity contribution is 6.05. The van der Waals surface area contributed by atoms with Gasteiger partial charge in [-0.15, -0.1) is 0 Å². The van der Waals surface area contributed by atoms with Crippen molar-refractivity contribution in [2.75, 3.05) is 0 Å². The summed E-state index contributed by atoms with van der Waals surface area (Å²) in [4.78, 5) is 4.24. The normalized spacial score (nSPS) is 11.3. The molecule has 0 amide bonds. The Morgan fingerprint density at radius 1 is 0.654 bits per heavy atom. The molecule has 0 aliphatic heterocycles. The first kappa shape index (κ1) is 14.9. The third-order valence-corrected chi connectivity index (χ3v) is 4.82. The second-order valence-corrected chi connectivity index (χ2v) is 6.64. The summed E-state index contributed by atoms with van der Waals surface area (Å²) in [6.45, 7) is 2.12. The van der Waals surface area contributed by atoms with Gasteiger partial charge in [0.05, 0.1) is 0 Å². The lowest BCUT2D eigenvalue weighted by molar-refractivity contribution is 0.668. The molecule has 2 aromatic heterocycles. The predicted octanol–water partition coefficient (Wildman–Crippen LogP) is 6.62. The van der Waals surface area contributed by atoms with E-state index >= 15 is 0 Å². The number of furan rings is 1. The first-order valence-electron chi connectivity index (χ1n) is 8.72. The molecular formula is C24H17NO. The van der Waals surface area contributed by atoms with Crippen LogP contribution in [0.1, 0.15) is 5.56 Å². The molecule has 2 heteroatoms. The molecule has 0 bridgehead atoms. The van der Waals surface area contributed by atoms with Crippen LogP contribution in [0, 0.1) is 6.92 Å². The van der Waals surface area contributed by atoms with E-state index in [9.17, 15) is 0 Å². The highest BCUT2D eigenvalue weighted by Crippen LogP contribution is 2.33. The molecule has 0 fully saturated rings. The van der Waals surface area contributed by atoms with Crippen LogP contribution in [0.3, 0.4) is 0 Å². The molecule has 3 aromatic carbocycles. The van der Waals surface area contributed by atoms with E-state index in [1.807, 2.05) is 18.3 Å². The molecule has 5 rings (SSSR count). The Morgan fingerprint density at radius 2 is 1.35 bits per heavy atom. The maximum Gasteiger partial charge on any atom is 0.138 e. The summed E-state index contributed by atoms with van der Waals surface area (Å²) >= 11 is 0. The molecule has 0 unspecified atom stereocenters. The molecule has 0 N–H and O–H groups in total. The van der Waals surface area contributed by atoms with Gasteiger partial charge in [-0.1, -0.05) is 54.1 Å². The fraction of sp³-hybridized carbons (Fsp3) is 0.0417. The van der Waals surface area contributed by atoms with E-state index in [0.717, 1.165) is 21.9 Å². The van der Waals surface area contributed by atoms with Crippen molar-refractivity contribution in [1.82, 2.24) is 4.98 Å². The number of hydrogen-bond donors (Lipinski definition) is 0. The van der Waals surface area contributed by atoms with Crippen molar-refractivity contribution in [2.24, 2.45) is 0 Å². The number of hydrogen-bond acceptors (Lipinski definition) is 2. The smallest absolute Gasteiger partial charge is 0.138 e. The van der Waals surface area contributed by atoms with Gasteiger partial charge in [-0.05, 0) is 53.4 Å². The van der Waals surface area contributed by atoms with Crippen LogP contribution in [0.5, 0.6) is 0 Å². The Morgan fingerprint density at radius 3 is 2.15 bits per heavy atom. The molecule has 0 saturated carbocycles. The van der Waals surface area contributed by atoms with Crippen molar-refractivity contribution in [3.05, 3.63) is 90.8 Å². The molecule has 2 heterocycles. The first-order valence-corrected chi connectivity index (χ1v) is 8.72. The van der Waals surface area contributed by atoms with Crippen molar-refractivity contribution in [3.63, 3.8) is 0 Å². The summed E-state index contributed by atoms with van der Waals surface area (Å²) in [6, 6.07) is 25.6. The van der Waals surface area contributed by atoms with Crippen LogP contribution in [0.2, 0.25) is 0 Å². The molecule has 124 valence electrons. The van der Waals surface area contributed by atoms with Gasteiger partial charge in [0.1, 0.15) is 11.2 Å². The number of nitrogens with zero attached hydrogens (tertiary/aromatic N) is 1. The van der Waals surface area contributed by atoms with Gasteiger partial charge in [0, 0.05) is 23.2 Å². The summed E-state index contributed by atoms with van der Waals surface area (Å²) in [7, 11) is 0. The predicted molar refractivity (Wildman–Crippen MR) is 107 cm³/mol. The minimum Gasteiger partial charge on any atom is -0.456 e. The standard InChI is InChI=1S/C24H17NO/c1-16-4-2-5-17(12-16)18-6-3-7-19(13-18)20-8-9-23-21(14-20)22-15-25-11-10-24(22)26-23/h2-15H,1H3. The van der Waals surface area contributed by atoms with Crippen molar-refractivity contribution in [1.29, 1.82) is 0 Å². The fourth-order valence-corrected chi connectivity index (χ4v) is 3.50. The number of pyridine rings is 1. The molecule has 0 radical (unpaired) electrons. The summed E-state index contributed by atoms with van der Waals surface area (Å²) in [5.41, 5.74) is 7.89. The van der Waals surface area contributed by atoms with Crippen LogP contribution in [0.25, 0.3) is 44.2 Å². The Balaban J connectivity index is 1.65. The van der Waals surface area contributed by atoms with E-state index in [1.54, 1.807) is 6.20 Å². The van der Waals surface area contributed by atoms with E-state index < -0.39 is 0 Å². The zero-order valence-electron chi connectivity index (χ0n) is 14.4. The molecular weight excluding hydrogens is 318 g/mol. The number of benzene rings is 3. The molecule has 0 aliphatic carbocycles. The Bertz CT molecular complexity index is 1250. The average Bonchev–Trinajstić information content (AvgIpc) is 3.06. The van der Waals surface area contributed by atoms with E-state index in [1.165, 1.54) is 27.8 Å². The van der Waals surface area contributed by atoms with Crippen LogP contribution >= 0.6 is 0 Å². The maximum absolute atomic E-state index is 5.91. The van der Waals surface area contributed by atoms with Crippen molar-refractivity contribution < 1.29 is 4.42 Å². The van der Waals surface area contributed by atoms with Gasteiger partial charge < -0.3 is 4.42 Å². The van der Waals surface area contributed by atoms with Gasteiger partial charge in [0.2, 0.25) is 0 Å². The van der Waals surface area contributed by atoms with Crippen LogP contribution < -0.4 is 0 Å². The Kier molecular flexibility index (Phi) is 3.36. The van der Waals surface area contributed by atoms with Crippen molar-refractivity contribution in [3.8, 4) is 22.3 Å². The third kappa shape index (κ3) is 2.47. The molecule has 2 nitrogen and oxygen atoms in total. The Labute approximate surface area is 151 Å². The Hall–Kier alpha value is -3.39. The average molecular weight is 335 g/mol. The van der Waals surface area contributed by atoms with Gasteiger partial charge >= 0.3 is 0 Å². The topological polar surface area (TPSA) is 26.0 Å². The minimum atomic E-state index is 0.876. The molecule has 0 atom stereocenters. The van der Waals surface area contributed by atoms with E-state index in [2.05, 4.69) is 72.6 Å². The number of rotatable bonds is 2. The van der Waals surface area contributed by atoms with Gasteiger partial charge in [-0.3, -0.25) is 4.98 Å². The lowest BCUT2D eigenvalue weighted by Crippen LogP contribution is -1.82. The summed E-state index contributed by atoms with van der Waals surface area (Å²) < 4.78 is 5.91. The third-order valence-electron chi connectivity index (χ3n) is 4.82. The number of aromatic nitrogens is 1. The van der Waals surface area contributed by atoms with Crippen LogP contribution in [-0.2, 0) is 0 Å². The van der Waals surface area contributed by atoms with Crippen LogP contribution in [0.4, 0.5) is 0 Å². The zero-order chi connectivity index (χ0) is 17.5.